The maximum absolute atomic E-state index is 5.48. The number of halogens is 1. The molecule has 0 aromatic heterocycles. The molecule has 0 radical (unpaired) electrons. The van der Waals surface area contributed by atoms with Crippen LogP contribution in [0, 0.1) is 5.92 Å². The van der Waals surface area contributed by atoms with Gasteiger partial charge in [-0.1, -0.05) is 22.9 Å². The number of hydrogen-bond donors (Lipinski definition) is 0. The normalized spacial score (nSPS) is 30.7. The molecule has 2 unspecified atom stereocenters. The first-order valence-corrected chi connectivity index (χ1v) is 4.64. The molecule has 54 valence electrons. The minimum Gasteiger partial charge on any atom is -0.378 e. The van der Waals surface area contributed by atoms with Crippen LogP contribution in [0.2, 0.25) is 0 Å². The molecule has 1 rings (SSSR count). The minimum atomic E-state index is 0.532. The van der Waals surface area contributed by atoms with Crippen molar-refractivity contribution in [2.75, 3.05) is 11.9 Å². The third-order valence-corrected chi connectivity index (χ3v) is 2.86. The lowest BCUT2D eigenvalue weighted by Gasteiger charge is -2.14. The van der Waals surface area contributed by atoms with Crippen LogP contribution in [0.3, 0.4) is 0 Å². The van der Waals surface area contributed by atoms with Crippen LogP contribution in [0.15, 0.2) is 0 Å². The SMILES string of the molecule is CC(CBr)C1CCCO1. The van der Waals surface area contributed by atoms with Crippen molar-refractivity contribution in [1.29, 1.82) is 0 Å². The summed E-state index contributed by atoms with van der Waals surface area (Å²) in [6, 6.07) is 0. The van der Waals surface area contributed by atoms with Gasteiger partial charge in [0.25, 0.3) is 0 Å². The second-order valence-corrected chi connectivity index (χ2v) is 3.33. The maximum Gasteiger partial charge on any atom is 0.0609 e. The maximum atomic E-state index is 5.48. The summed E-state index contributed by atoms with van der Waals surface area (Å²) in [4.78, 5) is 0. The van der Waals surface area contributed by atoms with E-state index >= 15 is 0 Å². The highest BCUT2D eigenvalue weighted by molar-refractivity contribution is 9.09. The van der Waals surface area contributed by atoms with Crippen molar-refractivity contribution in [2.24, 2.45) is 5.92 Å². The Bertz CT molecular complexity index is 79.0. The van der Waals surface area contributed by atoms with E-state index in [1.807, 2.05) is 0 Å². The van der Waals surface area contributed by atoms with E-state index in [1.165, 1.54) is 12.8 Å². The summed E-state index contributed by atoms with van der Waals surface area (Å²) in [5, 5.41) is 1.07. The number of alkyl halides is 1. The van der Waals surface area contributed by atoms with E-state index in [9.17, 15) is 0 Å². The van der Waals surface area contributed by atoms with Crippen LogP contribution in [-0.4, -0.2) is 18.0 Å². The summed E-state index contributed by atoms with van der Waals surface area (Å²) in [5.41, 5.74) is 0. The van der Waals surface area contributed by atoms with Crippen LogP contribution >= 0.6 is 15.9 Å². The lowest BCUT2D eigenvalue weighted by atomic mass is 10.1. The summed E-state index contributed by atoms with van der Waals surface area (Å²) in [5.74, 6) is 0.687. The largest absolute Gasteiger partial charge is 0.378 e. The predicted octanol–water partition coefficient (Wildman–Crippen LogP) is 2.20. The van der Waals surface area contributed by atoms with Crippen LogP contribution in [0.4, 0.5) is 0 Å². The van der Waals surface area contributed by atoms with Gasteiger partial charge in [-0.25, -0.2) is 0 Å². The fourth-order valence-electron chi connectivity index (χ4n) is 1.15. The molecule has 0 aliphatic carbocycles. The summed E-state index contributed by atoms with van der Waals surface area (Å²) in [7, 11) is 0. The van der Waals surface area contributed by atoms with Crippen LogP contribution in [0.25, 0.3) is 0 Å². The highest BCUT2D eigenvalue weighted by Crippen LogP contribution is 2.20. The van der Waals surface area contributed by atoms with Crippen molar-refractivity contribution in [3.63, 3.8) is 0 Å². The fourth-order valence-corrected chi connectivity index (χ4v) is 1.57. The lowest BCUT2D eigenvalue weighted by Crippen LogP contribution is -2.17. The highest BCUT2D eigenvalue weighted by atomic mass is 79.9. The lowest BCUT2D eigenvalue weighted by molar-refractivity contribution is 0.0777. The van der Waals surface area contributed by atoms with Gasteiger partial charge in [-0.3, -0.25) is 0 Å². The van der Waals surface area contributed by atoms with Gasteiger partial charge in [0, 0.05) is 11.9 Å². The van der Waals surface area contributed by atoms with Crippen molar-refractivity contribution < 1.29 is 4.74 Å². The molecule has 1 heterocycles. The van der Waals surface area contributed by atoms with Crippen molar-refractivity contribution in [2.45, 2.75) is 25.9 Å². The molecule has 0 amide bonds. The molecular formula is C7H13BrO. The van der Waals surface area contributed by atoms with Gasteiger partial charge in [0.2, 0.25) is 0 Å². The van der Waals surface area contributed by atoms with Crippen molar-refractivity contribution in [3.05, 3.63) is 0 Å². The fraction of sp³-hybridized carbons (Fsp3) is 1.00. The van der Waals surface area contributed by atoms with Crippen LogP contribution in [0.1, 0.15) is 19.8 Å². The molecule has 0 N–H and O–H groups in total. The molecule has 1 aliphatic rings. The van der Waals surface area contributed by atoms with Gasteiger partial charge in [-0.2, -0.15) is 0 Å². The average Bonchev–Trinajstić information content (AvgIpc) is 2.37. The van der Waals surface area contributed by atoms with E-state index in [4.69, 9.17) is 4.74 Å². The van der Waals surface area contributed by atoms with E-state index in [2.05, 4.69) is 22.9 Å². The zero-order valence-electron chi connectivity index (χ0n) is 5.77. The molecular weight excluding hydrogens is 180 g/mol. The summed E-state index contributed by atoms with van der Waals surface area (Å²) >= 11 is 3.44. The Balaban J connectivity index is 2.24. The molecule has 0 saturated carbocycles. The summed E-state index contributed by atoms with van der Waals surface area (Å²) in [6.07, 6.45) is 3.04. The Morgan fingerprint density at radius 2 is 2.56 bits per heavy atom. The van der Waals surface area contributed by atoms with E-state index in [0.29, 0.717) is 12.0 Å². The third kappa shape index (κ3) is 1.94. The van der Waals surface area contributed by atoms with Gasteiger partial charge < -0.3 is 4.74 Å². The first-order chi connectivity index (χ1) is 4.34. The monoisotopic (exact) mass is 192 g/mol. The molecule has 0 spiro atoms. The first kappa shape index (κ1) is 7.55. The van der Waals surface area contributed by atoms with Crippen LogP contribution in [-0.2, 0) is 4.74 Å². The molecule has 2 atom stereocenters. The van der Waals surface area contributed by atoms with Crippen LogP contribution in [0.5, 0.6) is 0 Å². The van der Waals surface area contributed by atoms with Gasteiger partial charge in [0.1, 0.15) is 0 Å². The van der Waals surface area contributed by atoms with E-state index < -0.39 is 0 Å². The van der Waals surface area contributed by atoms with E-state index in [1.54, 1.807) is 0 Å². The average molecular weight is 193 g/mol. The molecule has 0 bridgehead atoms. The first-order valence-electron chi connectivity index (χ1n) is 3.52. The second kappa shape index (κ2) is 3.57. The minimum absolute atomic E-state index is 0.532. The number of hydrogen-bond acceptors (Lipinski definition) is 1. The summed E-state index contributed by atoms with van der Waals surface area (Å²) in [6.45, 7) is 3.20. The molecule has 2 heteroatoms. The Morgan fingerprint density at radius 1 is 1.78 bits per heavy atom. The van der Waals surface area contributed by atoms with Crippen LogP contribution < -0.4 is 0 Å². The third-order valence-electron chi connectivity index (χ3n) is 1.84. The molecule has 1 aliphatic heterocycles. The van der Waals surface area contributed by atoms with Gasteiger partial charge >= 0.3 is 0 Å². The molecule has 1 fully saturated rings. The Hall–Kier alpha value is 0.440. The highest BCUT2D eigenvalue weighted by Gasteiger charge is 2.20. The quantitative estimate of drug-likeness (QED) is 0.611. The van der Waals surface area contributed by atoms with Gasteiger partial charge in [-0.15, -0.1) is 0 Å². The zero-order chi connectivity index (χ0) is 6.69. The molecule has 1 nitrogen and oxygen atoms in total. The Morgan fingerprint density at radius 3 is 3.00 bits per heavy atom. The van der Waals surface area contributed by atoms with Crippen molar-refractivity contribution >= 4 is 15.9 Å². The van der Waals surface area contributed by atoms with Gasteiger partial charge in [0.05, 0.1) is 6.10 Å². The number of rotatable bonds is 2. The standard InChI is InChI=1S/C7H13BrO/c1-6(5-8)7-3-2-4-9-7/h6-7H,2-5H2,1H3. The number of ether oxygens (including phenoxy) is 1. The topological polar surface area (TPSA) is 9.23 Å². The second-order valence-electron chi connectivity index (χ2n) is 2.68. The zero-order valence-corrected chi connectivity index (χ0v) is 7.36. The van der Waals surface area contributed by atoms with Gasteiger partial charge in [0.15, 0.2) is 0 Å². The summed E-state index contributed by atoms with van der Waals surface area (Å²) < 4.78 is 5.48. The van der Waals surface area contributed by atoms with Crippen molar-refractivity contribution in [3.8, 4) is 0 Å². The van der Waals surface area contributed by atoms with Gasteiger partial charge in [-0.05, 0) is 18.8 Å². The predicted molar refractivity (Wildman–Crippen MR) is 41.9 cm³/mol. The molecule has 0 aromatic carbocycles. The Labute approximate surface area is 64.9 Å². The Kier molecular flexibility index (Phi) is 2.99. The molecule has 1 saturated heterocycles. The van der Waals surface area contributed by atoms with E-state index in [0.717, 1.165) is 11.9 Å². The molecule has 9 heavy (non-hydrogen) atoms. The van der Waals surface area contributed by atoms with E-state index in [-0.39, 0.29) is 0 Å². The molecule has 0 aromatic rings. The smallest absolute Gasteiger partial charge is 0.0609 e. The van der Waals surface area contributed by atoms with Crippen molar-refractivity contribution in [1.82, 2.24) is 0 Å².